The Bertz CT molecular complexity index is 662. The van der Waals surface area contributed by atoms with Crippen molar-refractivity contribution >= 4 is 5.97 Å². The minimum Gasteiger partial charge on any atom is -0.404 e. The lowest BCUT2D eigenvalue weighted by Gasteiger charge is -2.04. The fourth-order valence-corrected chi connectivity index (χ4v) is 2.77. The second-order valence-electron chi connectivity index (χ2n) is 6.54. The number of carbonyl (C=O) groups excluding carboxylic acids is 1. The summed E-state index contributed by atoms with van der Waals surface area (Å²) < 4.78 is 5.24. The number of hydrogen-bond acceptors (Lipinski definition) is 3. The number of esters is 1. The summed E-state index contributed by atoms with van der Waals surface area (Å²) in [5.74, 6) is -0.0387. The van der Waals surface area contributed by atoms with Crippen LogP contribution in [0.5, 0.6) is 5.88 Å². The van der Waals surface area contributed by atoms with Crippen LogP contribution in [-0.2, 0) is 17.6 Å². The van der Waals surface area contributed by atoms with Gasteiger partial charge in [0.2, 0.25) is 5.88 Å². The van der Waals surface area contributed by atoms with E-state index in [1.165, 1.54) is 50.2 Å². The predicted octanol–water partition coefficient (Wildman–Crippen LogP) is 5.69. The number of unbranched alkanes of at least 4 members (excludes halogenated alkanes) is 5. The molecule has 0 spiro atoms. The minimum absolute atomic E-state index is 0.353. The van der Waals surface area contributed by atoms with Crippen LogP contribution in [0.4, 0.5) is 0 Å². The van der Waals surface area contributed by atoms with Gasteiger partial charge in [0.05, 0.1) is 0 Å². The van der Waals surface area contributed by atoms with Crippen molar-refractivity contribution in [3.8, 4) is 5.88 Å². The summed E-state index contributed by atoms with van der Waals surface area (Å²) in [5, 5.41) is 0. The molecular formula is C23H29NO2. The molecule has 0 fully saturated rings. The standard InChI is InChI=1S/C23H29NO2/c1-2-3-4-5-6-8-14-21-17-18-22(24-19-21)26-23(25)16-11-15-20-12-9-7-10-13-20/h7,9-13,16-19H,2-6,8,14-15H2,1H3. The van der Waals surface area contributed by atoms with Gasteiger partial charge in [-0.05, 0) is 30.4 Å². The number of pyridine rings is 1. The van der Waals surface area contributed by atoms with Crippen LogP contribution in [0, 0.1) is 0 Å². The maximum Gasteiger partial charge on any atom is 0.337 e. The van der Waals surface area contributed by atoms with Gasteiger partial charge in [0.1, 0.15) is 0 Å². The molecule has 26 heavy (non-hydrogen) atoms. The van der Waals surface area contributed by atoms with Gasteiger partial charge in [-0.2, -0.15) is 0 Å². The Morgan fingerprint density at radius 2 is 1.73 bits per heavy atom. The van der Waals surface area contributed by atoms with Gasteiger partial charge in [0.15, 0.2) is 0 Å². The van der Waals surface area contributed by atoms with Crippen molar-refractivity contribution < 1.29 is 9.53 Å². The molecule has 0 saturated carbocycles. The Hall–Kier alpha value is -2.42. The van der Waals surface area contributed by atoms with Crippen LogP contribution in [0.3, 0.4) is 0 Å². The summed E-state index contributed by atoms with van der Waals surface area (Å²) >= 11 is 0. The fourth-order valence-electron chi connectivity index (χ4n) is 2.77. The molecule has 3 heteroatoms. The highest BCUT2D eigenvalue weighted by atomic mass is 16.5. The maximum atomic E-state index is 11.8. The average Bonchev–Trinajstić information content (AvgIpc) is 2.67. The quantitative estimate of drug-likeness (QED) is 0.297. The number of rotatable bonds is 11. The second kappa shape index (κ2) is 12.0. The molecule has 1 aromatic heterocycles. The smallest absolute Gasteiger partial charge is 0.337 e. The average molecular weight is 351 g/mol. The van der Waals surface area contributed by atoms with E-state index in [0.717, 1.165) is 12.0 Å². The molecule has 0 atom stereocenters. The molecular weight excluding hydrogens is 322 g/mol. The highest BCUT2D eigenvalue weighted by molar-refractivity contribution is 5.83. The topological polar surface area (TPSA) is 39.2 Å². The molecule has 1 aromatic carbocycles. The van der Waals surface area contributed by atoms with Gasteiger partial charge in [0, 0.05) is 18.3 Å². The summed E-state index contributed by atoms with van der Waals surface area (Å²) in [6.07, 6.45) is 14.5. The summed E-state index contributed by atoms with van der Waals surface area (Å²) in [6.45, 7) is 2.24. The lowest BCUT2D eigenvalue weighted by molar-refractivity contribution is -0.129. The minimum atomic E-state index is -0.392. The van der Waals surface area contributed by atoms with Gasteiger partial charge in [-0.15, -0.1) is 0 Å². The van der Waals surface area contributed by atoms with Crippen LogP contribution >= 0.6 is 0 Å². The van der Waals surface area contributed by atoms with E-state index in [9.17, 15) is 4.79 Å². The third-order valence-electron chi connectivity index (χ3n) is 4.27. The monoisotopic (exact) mass is 351 g/mol. The first-order valence-corrected chi connectivity index (χ1v) is 9.65. The molecule has 138 valence electrons. The SMILES string of the molecule is CCCCCCCCc1ccc(OC(=O)C=CCc2ccccc2)nc1. The molecule has 0 saturated heterocycles. The van der Waals surface area contributed by atoms with Gasteiger partial charge >= 0.3 is 5.97 Å². The molecule has 0 N–H and O–H groups in total. The normalized spacial score (nSPS) is 11.0. The van der Waals surface area contributed by atoms with Crippen LogP contribution in [0.15, 0.2) is 60.8 Å². The Kier molecular flexibility index (Phi) is 9.20. The fraction of sp³-hybridized carbons (Fsp3) is 0.391. The van der Waals surface area contributed by atoms with E-state index in [0.29, 0.717) is 12.3 Å². The highest BCUT2D eigenvalue weighted by Crippen LogP contribution is 2.12. The molecule has 1 heterocycles. The summed E-state index contributed by atoms with van der Waals surface area (Å²) in [5.41, 5.74) is 2.36. The zero-order chi connectivity index (χ0) is 18.5. The van der Waals surface area contributed by atoms with Crippen molar-refractivity contribution in [2.45, 2.75) is 58.3 Å². The molecule has 0 aliphatic rings. The number of aromatic nitrogens is 1. The Balaban J connectivity index is 1.68. The van der Waals surface area contributed by atoms with Crippen molar-refractivity contribution in [3.63, 3.8) is 0 Å². The summed E-state index contributed by atoms with van der Waals surface area (Å²) in [7, 11) is 0. The molecule has 2 aromatic rings. The third-order valence-corrected chi connectivity index (χ3v) is 4.27. The lowest BCUT2D eigenvalue weighted by Crippen LogP contribution is -2.05. The van der Waals surface area contributed by atoms with Gasteiger partial charge in [-0.25, -0.2) is 9.78 Å². The third kappa shape index (κ3) is 8.11. The van der Waals surface area contributed by atoms with Crippen molar-refractivity contribution in [3.05, 3.63) is 71.9 Å². The number of carbonyl (C=O) groups is 1. The van der Waals surface area contributed by atoms with E-state index >= 15 is 0 Å². The first-order chi connectivity index (χ1) is 12.8. The van der Waals surface area contributed by atoms with Crippen LogP contribution in [0.1, 0.15) is 56.6 Å². The molecule has 0 radical (unpaired) electrons. The number of ether oxygens (including phenoxy) is 1. The molecule has 0 bridgehead atoms. The van der Waals surface area contributed by atoms with Gasteiger partial charge < -0.3 is 4.74 Å². The Morgan fingerprint density at radius 3 is 2.46 bits per heavy atom. The second-order valence-corrected chi connectivity index (χ2v) is 6.54. The molecule has 0 unspecified atom stereocenters. The van der Waals surface area contributed by atoms with E-state index in [-0.39, 0.29) is 0 Å². The van der Waals surface area contributed by atoms with Gasteiger partial charge in [0.25, 0.3) is 0 Å². The Labute approximate surface area is 157 Å². The molecule has 2 rings (SSSR count). The summed E-state index contributed by atoms with van der Waals surface area (Å²) in [6, 6.07) is 13.8. The van der Waals surface area contributed by atoms with Crippen LogP contribution < -0.4 is 4.74 Å². The van der Waals surface area contributed by atoms with Crippen molar-refractivity contribution in [2.24, 2.45) is 0 Å². The highest BCUT2D eigenvalue weighted by Gasteiger charge is 2.02. The van der Waals surface area contributed by atoms with Crippen LogP contribution in [-0.4, -0.2) is 11.0 Å². The number of nitrogens with zero attached hydrogens (tertiary/aromatic N) is 1. The number of benzene rings is 1. The van der Waals surface area contributed by atoms with Crippen molar-refractivity contribution in [1.82, 2.24) is 4.98 Å². The zero-order valence-corrected chi connectivity index (χ0v) is 15.7. The van der Waals surface area contributed by atoms with Crippen LogP contribution in [0.2, 0.25) is 0 Å². The van der Waals surface area contributed by atoms with Gasteiger partial charge in [-0.1, -0.05) is 81.5 Å². The van der Waals surface area contributed by atoms with E-state index in [2.05, 4.69) is 11.9 Å². The predicted molar refractivity (Wildman–Crippen MR) is 106 cm³/mol. The molecule has 0 aliphatic heterocycles. The van der Waals surface area contributed by atoms with Crippen LogP contribution in [0.25, 0.3) is 0 Å². The molecule has 3 nitrogen and oxygen atoms in total. The zero-order valence-electron chi connectivity index (χ0n) is 15.7. The first-order valence-electron chi connectivity index (χ1n) is 9.65. The largest absolute Gasteiger partial charge is 0.404 e. The lowest BCUT2D eigenvalue weighted by atomic mass is 10.1. The van der Waals surface area contributed by atoms with Crippen molar-refractivity contribution in [2.75, 3.05) is 0 Å². The van der Waals surface area contributed by atoms with Crippen molar-refractivity contribution in [1.29, 1.82) is 0 Å². The van der Waals surface area contributed by atoms with E-state index < -0.39 is 5.97 Å². The van der Waals surface area contributed by atoms with Gasteiger partial charge in [-0.3, -0.25) is 0 Å². The first kappa shape index (κ1) is 19.9. The molecule has 0 aliphatic carbocycles. The molecule has 0 amide bonds. The Morgan fingerprint density at radius 1 is 0.962 bits per heavy atom. The number of hydrogen-bond donors (Lipinski definition) is 0. The number of aryl methyl sites for hydroxylation is 1. The van der Waals surface area contributed by atoms with E-state index in [1.54, 1.807) is 6.07 Å². The number of allylic oxidation sites excluding steroid dienone is 1. The van der Waals surface area contributed by atoms with E-state index in [4.69, 9.17) is 4.74 Å². The maximum absolute atomic E-state index is 11.8. The summed E-state index contributed by atoms with van der Waals surface area (Å²) in [4.78, 5) is 16.1. The van der Waals surface area contributed by atoms with E-state index in [1.807, 2.05) is 48.7 Å².